The van der Waals surface area contributed by atoms with Crippen molar-refractivity contribution in [3.63, 3.8) is 0 Å². The number of hydrogen-bond donors (Lipinski definition) is 1. The molecule has 0 bridgehead atoms. The molecule has 1 fully saturated rings. The van der Waals surface area contributed by atoms with E-state index >= 15 is 0 Å². The van der Waals surface area contributed by atoms with E-state index in [1.807, 2.05) is 7.05 Å². The molecule has 1 saturated carbocycles. The van der Waals surface area contributed by atoms with Gasteiger partial charge in [-0.15, -0.1) is 0 Å². The maximum absolute atomic E-state index is 13.4. The van der Waals surface area contributed by atoms with E-state index in [9.17, 15) is 14.3 Å². The first-order chi connectivity index (χ1) is 13.0. The van der Waals surface area contributed by atoms with Crippen LogP contribution in [0.2, 0.25) is 0 Å². The van der Waals surface area contributed by atoms with E-state index in [1.165, 1.54) is 31.4 Å². The zero-order chi connectivity index (χ0) is 19.0. The van der Waals surface area contributed by atoms with Crippen molar-refractivity contribution >= 4 is 17.9 Å². The molecular formula is C21H22FN3O2. The van der Waals surface area contributed by atoms with Crippen LogP contribution in [0.3, 0.4) is 0 Å². The maximum atomic E-state index is 13.4. The summed E-state index contributed by atoms with van der Waals surface area (Å²) in [5, 5.41) is 9.31. The molecule has 140 valence electrons. The fraction of sp³-hybridized carbons (Fsp3) is 0.381. The molecule has 1 N–H and O–H groups in total. The van der Waals surface area contributed by atoms with E-state index in [0.717, 1.165) is 24.2 Å². The number of benzene rings is 1. The number of anilines is 1. The van der Waals surface area contributed by atoms with Crippen LogP contribution in [0.4, 0.5) is 10.2 Å². The average Bonchev–Trinajstić information content (AvgIpc) is 3.11. The van der Waals surface area contributed by atoms with Gasteiger partial charge in [-0.25, -0.2) is 19.2 Å². The van der Waals surface area contributed by atoms with Crippen LogP contribution >= 0.6 is 0 Å². The number of halogens is 1. The minimum Gasteiger partial charge on any atom is -0.478 e. The van der Waals surface area contributed by atoms with Crippen LogP contribution < -0.4 is 4.90 Å². The summed E-state index contributed by atoms with van der Waals surface area (Å²) in [5.74, 6) is -0.504. The van der Waals surface area contributed by atoms with E-state index in [0.29, 0.717) is 28.7 Å². The lowest BCUT2D eigenvalue weighted by atomic mass is 9.94. The second-order valence-corrected chi connectivity index (χ2v) is 7.29. The molecule has 5 nitrogen and oxygen atoms in total. The lowest BCUT2D eigenvalue weighted by Crippen LogP contribution is -2.34. The zero-order valence-corrected chi connectivity index (χ0v) is 15.3. The van der Waals surface area contributed by atoms with Crippen molar-refractivity contribution in [2.45, 2.75) is 44.6 Å². The van der Waals surface area contributed by atoms with Crippen LogP contribution in [0.15, 0.2) is 29.8 Å². The Bertz CT molecular complexity index is 902. The van der Waals surface area contributed by atoms with E-state index in [4.69, 9.17) is 9.97 Å². The number of carboxylic acid groups (broad SMARTS) is 1. The monoisotopic (exact) mass is 367 g/mol. The Balaban J connectivity index is 1.79. The van der Waals surface area contributed by atoms with Crippen LogP contribution in [0.25, 0.3) is 17.3 Å². The average molecular weight is 367 g/mol. The van der Waals surface area contributed by atoms with Crippen LogP contribution in [0, 0.1) is 5.82 Å². The van der Waals surface area contributed by atoms with Crippen molar-refractivity contribution in [3.05, 3.63) is 47.0 Å². The molecule has 1 aromatic carbocycles. The SMILES string of the molecule is CN(c1nc2c(nc1-c1ccc(F)cc1)C=C(C(=O)O)C2)C1CCCCC1. The maximum Gasteiger partial charge on any atom is 0.332 e. The summed E-state index contributed by atoms with van der Waals surface area (Å²) in [6, 6.07) is 6.60. The highest BCUT2D eigenvalue weighted by Crippen LogP contribution is 2.35. The highest BCUT2D eigenvalue weighted by atomic mass is 19.1. The van der Waals surface area contributed by atoms with Gasteiger partial charge in [0.1, 0.15) is 11.5 Å². The lowest BCUT2D eigenvalue weighted by molar-refractivity contribution is -0.132. The number of aromatic nitrogens is 2. The normalized spacial score (nSPS) is 16.7. The Labute approximate surface area is 157 Å². The summed E-state index contributed by atoms with van der Waals surface area (Å²) in [6.45, 7) is 0. The molecule has 2 aliphatic rings. The summed E-state index contributed by atoms with van der Waals surface area (Å²) in [6.07, 6.45) is 7.74. The summed E-state index contributed by atoms with van der Waals surface area (Å²) >= 11 is 0. The van der Waals surface area contributed by atoms with E-state index < -0.39 is 5.97 Å². The number of aliphatic carboxylic acids is 1. The van der Waals surface area contributed by atoms with Crippen LogP contribution in [-0.4, -0.2) is 34.1 Å². The first-order valence-corrected chi connectivity index (χ1v) is 9.36. The Morgan fingerprint density at radius 2 is 1.85 bits per heavy atom. The van der Waals surface area contributed by atoms with Crippen molar-refractivity contribution < 1.29 is 14.3 Å². The van der Waals surface area contributed by atoms with Gasteiger partial charge in [0.05, 0.1) is 11.4 Å². The number of rotatable bonds is 4. The Hall–Kier alpha value is -2.76. The molecule has 2 aromatic rings. The third kappa shape index (κ3) is 3.44. The van der Waals surface area contributed by atoms with Gasteiger partial charge in [-0.05, 0) is 43.2 Å². The predicted molar refractivity (Wildman–Crippen MR) is 102 cm³/mol. The molecule has 0 aliphatic heterocycles. The predicted octanol–water partition coefficient (Wildman–Crippen LogP) is 4.08. The zero-order valence-electron chi connectivity index (χ0n) is 15.3. The minimum absolute atomic E-state index is 0.285. The molecule has 2 aliphatic carbocycles. The summed E-state index contributed by atoms with van der Waals surface area (Å²) in [5.41, 5.74) is 3.03. The fourth-order valence-electron chi connectivity index (χ4n) is 3.94. The van der Waals surface area contributed by atoms with Crippen LogP contribution in [0.5, 0.6) is 0 Å². The molecule has 0 atom stereocenters. The molecular weight excluding hydrogens is 345 g/mol. The lowest BCUT2D eigenvalue weighted by Gasteiger charge is -2.33. The van der Waals surface area contributed by atoms with Crippen molar-refractivity contribution in [1.29, 1.82) is 0 Å². The Morgan fingerprint density at radius 3 is 2.52 bits per heavy atom. The van der Waals surface area contributed by atoms with E-state index in [2.05, 4.69) is 4.90 Å². The molecule has 0 radical (unpaired) electrons. The highest BCUT2D eigenvalue weighted by molar-refractivity contribution is 5.95. The van der Waals surface area contributed by atoms with Gasteiger partial charge in [0.25, 0.3) is 0 Å². The second-order valence-electron chi connectivity index (χ2n) is 7.29. The smallest absolute Gasteiger partial charge is 0.332 e. The molecule has 0 saturated heterocycles. The van der Waals surface area contributed by atoms with Gasteiger partial charge in [-0.3, -0.25) is 0 Å². The number of nitrogens with zero attached hydrogens (tertiary/aromatic N) is 3. The van der Waals surface area contributed by atoms with Gasteiger partial charge in [0.15, 0.2) is 5.82 Å². The van der Waals surface area contributed by atoms with Crippen molar-refractivity contribution in [2.75, 3.05) is 11.9 Å². The van der Waals surface area contributed by atoms with Crippen molar-refractivity contribution in [3.8, 4) is 11.3 Å². The number of carboxylic acids is 1. The standard InChI is InChI=1S/C21H22FN3O2/c1-25(16-5-3-2-4-6-16)20-19(13-7-9-15(22)10-8-13)23-17-11-14(21(26)27)12-18(17)24-20/h7-11,16H,2-6,12H2,1H3,(H,26,27). The van der Waals surface area contributed by atoms with Gasteiger partial charge in [0, 0.05) is 30.6 Å². The largest absolute Gasteiger partial charge is 0.478 e. The van der Waals surface area contributed by atoms with Gasteiger partial charge in [0.2, 0.25) is 0 Å². The molecule has 4 rings (SSSR count). The third-order valence-corrected chi connectivity index (χ3v) is 5.50. The third-order valence-electron chi connectivity index (χ3n) is 5.50. The van der Waals surface area contributed by atoms with Crippen LogP contribution in [-0.2, 0) is 11.2 Å². The topological polar surface area (TPSA) is 66.3 Å². The van der Waals surface area contributed by atoms with Gasteiger partial charge >= 0.3 is 5.97 Å². The molecule has 1 aromatic heterocycles. The quantitative estimate of drug-likeness (QED) is 0.882. The first-order valence-electron chi connectivity index (χ1n) is 9.36. The molecule has 27 heavy (non-hydrogen) atoms. The number of fused-ring (bicyclic) bond motifs is 1. The summed E-state index contributed by atoms with van der Waals surface area (Å²) in [4.78, 5) is 23.1. The molecule has 6 heteroatoms. The highest BCUT2D eigenvalue weighted by Gasteiger charge is 2.27. The fourth-order valence-corrected chi connectivity index (χ4v) is 3.94. The molecule has 0 spiro atoms. The first kappa shape index (κ1) is 17.6. The van der Waals surface area contributed by atoms with Crippen molar-refractivity contribution in [2.24, 2.45) is 0 Å². The Morgan fingerprint density at radius 1 is 1.15 bits per heavy atom. The summed E-state index contributed by atoms with van der Waals surface area (Å²) < 4.78 is 13.4. The molecule has 1 heterocycles. The summed E-state index contributed by atoms with van der Waals surface area (Å²) in [7, 11) is 2.03. The molecule has 0 amide bonds. The second kappa shape index (κ2) is 7.10. The van der Waals surface area contributed by atoms with Gasteiger partial charge < -0.3 is 10.0 Å². The Kier molecular flexibility index (Phi) is 4.64. The van der Waals surface area contributed by atoms with Crippen LogP contribution in [0.1, 0.15) is 43.5 Å². The number of hydrogen-bond acceptors (Lipinski definition) is 4. The van der Waals surface area contributed by atoms with Gasteiger partial charge in [-0.2, -0.15) is 0 Å². The van der Waals surface area contributed by atoms with Crippen molar-refractivity contribution in [1.82, 2.24) is 9.97 Å². The van der Waals surface area contributed by atoms with Gasteiger partial charge in [-0.1, -0.05) is 19.3 Å². The number of carbonyl (C=O) groups is 1. The van der Waals surface area contributed by atoms with E-state index in [1.54, 1.807) is 18.2 Å². The molecule has 0 unspecified atom stereocenters. The van der Waals surface area contributed by atoms with E-state index in [-0.39, 0.29) is 12.2 Å². The minimum atomic E-state index is -0.944.